The molecule has 4 aromatic rings. The lowest BCUT2D eigenvalue weighted by Crippen LogP contribution is -2.40. The molecule has 0 bridgehead atoms. The van der Waals surface area contributed by atoms with Gasteiger partial charge in [-0.1, -0.05) is 48.0 Å². The zero-order valence-corrected chi connectivity index (χ0v) is 20.7. The fourth-order valence-electron chi connectivity index (χ4n) is 4.64. The van der Waals surface area contributed by atoms with Crippen LogP contribution in [0.4, 0.5) is 5.69 Å². The van der Waals surface area contributed by atoms with E-state index in [4.69, 9.17) is 11.6 Å². The summed E-state index contributed by atoms with van der Waals surface area (Å²) in [7, 11) is 0. The number of aromatic amines is 1. The van der Waals surface area contributed by atoms with Crippen molar-refractivity contribution < 1.29 is 9.59 Å². The smallest absolute Gasteiger partial charge is 0.276 e. The SMILES string of the molecule is CCN(C(=O)CCC(=O)N1CCc2c(nc3cc(-c4ccccc4Cl)[nH]n3c2=O)C1)c1ccccc1. The molecule has 0 radical (unpaired) electrons. The number of carbonyl (C=O) groups excluding carboxylic acids is 2. The summed E-state index contributed by atoms with van der Waals surface area (Å²) in [5.41, 5.74) is 3.78. The topological polar surface area (TPSA) is 90.8 Å². The summed E-state index contributed by atoms with van der Waals surface area (Å²) in [6.07, 6.45) is 0.647. The minimum Gasteiger partial charge on any atom is -0.336 e. The van der Waals surface area contributed by atoms with E-state index < -0.39 is 0 Å². The summed E-state index contributed by atoms with van der Waals surface area (Å²) in [5.74, 6) is -0.210. The number of para-hydroxylation sites is 1. The summed E-state index contributed by atoms with van der Waals surface area (Å²) >= 11 is 6.32. The molecular formula is C27H26ClN5O3. The van der Waals surface area contributed by atoms with Crippen LogP contribution in [0, 0.1) is 0 Å². The van der Waals surface area contributed by atoms with Crippen molar-refractivity contribution in [1.82, 2.24) is 19.5 Å². The van der Waals surface area contributed by atoms with E-state index in [1.165, 1.54) is 4.52 Å². The van der Waals surface area contributed by atoms with Gasteiger partial charge in [0.25, 0.3) is 5.56 Å². The second kappa shape index (κ2) is 9.99. The molecule has 9 heteroatoms. The molecule has 2 aromatic carbocycles. The van der Waals surface area contributed by atoms with Gasteiger partial charge >= 0.3 is 0 Å². The van der Waals surface area contributed by atoms with Crippen LogP contribution < -0.4 is 10.5 Å². The van der Waals surface area contributed by atoms with Crippen LogP contribution >= 0.6 is 11.6 Å². The van der Waals surface area contributed by atoms with Gasteiger partial charge in [0.15, 0.2) is 5.65 Å². The zero-order chi connectivity index (χ0) is 25.2. The van der Waals surface area contributed by atoms with Gasteiger partial charge in [0.2, 0.25) is 11.8 Å². The number of rotatable bonds is 6. The van der Waals surface area contributed by atoms with E-state index in [-0.39, 0.29) is 36.8 Å². The maximum Gasteiger partial charge on any atom is 0.276 e. The maximum absolute atomic E-state index is 13.1. The van der Waals surface area contributed by atoms with Gasteiger partial charge in [-0.05, 0) is 31.5 Å². The molecule has 1 N–H and O–H groups in total. The van der Waals surface area contributed by atoms with E-state index in [1.54, 1.807) is 21.9 Å². The lowest BCUT2D eigenvalue weighted by atomic mass is 10.1. The molecule has 5 rings (SSSR count). The highest BCUT2D eigenvalue weighted by Gasteiger charge is 2.26. The van der Waals surface area contributed by atoms with Crippen molar-refractivity contribution in [2.24, 2.45) is 0 Å². The van der Waals surface area contributed by atoms with Crippen molar-refractivity contribution in [3.8, 4) is 11.3 Å². The minimum absolute atomic E-state index is 0.0908. The molecule has 0 saturated heterocycles. The standard InChI is InChI=1S/C27H26ClN5O3/c1-2-32(18-8-4-3-5-9-18)26(35)13-12-25(34)31-15-14-20-23(17-31)29-24-16-22(30-33(24)27(20)36)19-10-6-7-11-21(19)28/h3-11,16,30H,2,12-15,17H2,1H3. The summed E-state index contributed by atoms with van der Waals surface area (Å²) in [5, 5.41) is 3.67. The van der Waals surface area contributed by atoms with Gasteiger partial charge in [-0.2, -0.15) is 0 Å². The van der Waals surface area contributed by atoms with Crippen LogP contribution in [-0.2, 0) is 22.6 Å². The number of benzene rings is 2. The van der Waals surface area contributed by atoms with Crippen molar-refractivity contribution in [1.29, 1.82) is 0 Å². The third-order valence-corrected chi connectivity index (χ3v) is 6.85. The first-order chi connectivity index (χ1) is 17.5. The van der Waals surface area contributed by atoms with E-state index in [9.17, 15) is 14.4 Å². The Balaban J connectivity index is 1.31. The van der Waals surface area contributed by atoms with E-state index in [0.717, 1.165) is 11.3 Å². The normalized spacial score (nSPS) is 13.0. The van der Waals surface area contributed by atoms with Crippen molar-refractivity contribution in [3.05, 3.63) is 87.3 Å². The fraction of sp³-hybridized carbons (Fsp3) is 0.259. The van der Waals surface area contributed by atoms with Gasteiger partial charge < -0.3 is 9.80 Å². The molecule has 2 amide bonds. The zero-order valence-electron chi connectivity index (χ0n) is 19.9. The molecule has 0 unspecified atom stereocenters. The van der Waals surface area contributed by atoms with Crippen molar-refractivity contribution >= 4 is 34.7 Å². The van der Waals surface area contributed by atoms with Gasteiger partial charge in [0.1, 0.15) is 0 Å². The number of H-pyrrole nitrogens is 1. The number of hydrogen-bond donors (Lipinski definition) is 1. The lowest BCUT2D eigenvalue weighted by molar-refractivity contribution is -0.134. The molecule has 184 valence electrons. The number of halogens is 1. The predicted molar refractivity (Wildman–Crippen MR) is 139 cm³/mol. The second-order valence-electron chi connectivity index (χ2n) is 8.72. The largest absolute Gasteiger partial charge is 0.336 e. The van der Waals surface area contributed by atoms with Gasteiger partial charge in [-0.3, -0.25) is 19.5 Å². The van der Waals surface area contributed by atoms with Gasteiger partial charge in [0, 0.05) is 53.8 Å². The quantitative estimate of drug-likeness (QED) is 0.429. The van der Waals surface area contributed by atoms with Crippen molar-refractivity contribution in [3.63, 3.8) is 0 Å². The monoisotopic (exact) mass is 503 g/mol. The number of nitrogens with zero attached hydrogens (tertiary/aromatic N) is 4. The Morgan fingerprint density at radius 1 is 1.08 bits per heavy atom. The van der Waals surface area contributed by atoms with Gasteiger partial charge in [0.05, 0.1) is 17.9 Å². The molecule has 2 aromatic heterocycles. The van der Waals surface area contributed by atoms with Gasteiger partial charge in [-0.25, -0.2) is 9.50 Å². The maximum atomic E-state index is 13.1. The van der Waals surface area contributed by atoms with Crippen molar-refractivity contribution in [2.75, 3.05) is 18.0 Å². The van der Waals surface area contributed by atoms with Crippen molar-refractivity contribution in [2.45, 2.75) is 32.7 Å². The second-order valence-corrected chi connectivity index (χ2v) is 9.13. The summed E-state index contributed by atoms with van der Waals surface area (Å²) in [6, 6.07) is 18.6. The van der Waals surface area contributed by atoms with E-state index in [0.29, 0.717) is 47.1 Å². The van der Waals surface area contributed by atoms with E-state index >= 15 is 0 Å². The Kier molecular flexibility index (Phi) is 6.61. The first kappa shape index (κ1) is 23.8. The molecule has 0 spiro atoms. The number of hydrogen-bond acceptors (Lipinski definition) is 4. The molecule has 0 saturated carbocycles. The average Bonchev–Trinajstić information content (AvgIpc) is 3.32. The average molecular weight is 504 g/mol. The van der Waals surface area contributed by atoms with Crippen LogP contribution in [0.15, 0.2) is 65.5 Å². The lowest BCUT2D eigenvalue weighted by Gasteiger charge is -2.28. The van der Waals surface area contributed by atoms with Crippen LogP contribution in [0.1, 0.15) is 31.0 Å². The molecule has 1 aliphatic rings. The van der Waals surface area contributed by atoms with Crippen LogP contribution in [0.2, 0.25) is 5.02 Å². The number of amides is 2. The summed E-state index contributed by atoms with van der Waals surface area (Å²) in [6.45, 7) is 3.11. The molecule has 0 atom stereocenters. The van der Waals surface area contributed by atoms with Crippen LogP contribution in [0.25, 0.3) is 16.9 Å². The minimum atomic E-state index is -0.169. The summed E-state index contributed by atoms with van der Waals surface area (Å²) < 4.78 is 1.43. The molecule has 36 heavy (non-hydrogen) atoms. The third-order valence-electron chi connectivity index (χ3n) is 6.52. The molecule has 1 aliphatic heterocycles. The number of fused-ring (bicyclic) bond motifs is 2. The number of aromatic nitrogens is 3. The molecule has 3 heterocycles. The Bertz CT molecular complexity index is 1490. The molecule has 8 nitrogen and oxygen atoms in total. The Labute approximate surface area is 213 Å². The highest BCUT2D eigenvalue weighted by Crippen LogP contribution is 2.27. The molecule has 0 fully saturated rings. The summed E-state index contributed by atoms with van der Waals surface area (Å²) in [4.78, 5) is 46.9. The number of anilines is 1. The third kappa shape index (κ3) is 4.52. The highest BCUT2D eigenvalue weighted by atomic mass is 35.5. The number of nitrogens with one attached hydrogen (secondary N) is 1. The first-order valence-electron chi connectivity index (χ1n) is 12.0. The Morgan fingerprint density at radius 2 is 1.83 bits per heavy atom. The van der Waals surface area contributed by atoms with E-state index in [1.807, 2.05) is 55.5 Å². The van der Waals surface area contributed by atoms with Gasteiger partial charge in [-0.15, -0.1) is 0 Å². The first-order valence-corrected chi connectivity index (χ1v) is 12.4. The predicted octanol–water partition coefficient (Wildman–Crippen LogP) is 4.06. The van der Waals surface area contributed by atoms with Crippen LogP contribution in [0.3, 0.4) is 0 Å². The van der Waals surface area contributed by atoms with E-state index in [2.05, 4.69) is 10.1 Å². The van der Waals surface area contributed by atoms with Crippen LogP contribution in [-0.4, -0.2) is 44.4 Å². The highest BCUT2D eigenvalue weighted by molar-refractivity contribution is 6.33. The number of carbonyl (C=O) groups is 2. The molecular weight excluding hydrogens is 478 g/mol. The molecule has 0 aliphatic carbocycles. The Hall–Kier alpha value is -3.91. The fourth-order valence-corrected chi connectivity index (χ4v) is 4.88. The van der Waals surface area contributed by atoms with Crippen LogP contribution in [0.5, 0.6) is 0 Å². The Morgan fingerprint density at radius 3 is 2.58 bits per heavy atom.